The summed E-state index contributed by atoms with van der Waals surface area (Å²) < 4.78 is 27.9. The molecule has 2 aliphatic carbocycles. The van der Waals surface area contributed by atoms with Crippen LogP contribution in [0.5, 0.6) is 0 Å². The first-order valence-electron chi connectivity index (χ1n) is 12.9. The summed E-state index contributed by atoms with van der Waals surface area (Å²) >= 11 is 0. The molecule has 0 radical (unpaired) electrons. The molecular weight excluding hydrogens is 554 g/mol. The zero-order valence-corrected chi connectivity index (χ0v) is 22.4. The minimum absolute atomic E-state index is 0.0973. The van der Waals surface area contributed by atoms with Crippen molar-refractivity contribution >= 4 is 22.3 Å². The van der Waals surface area contributed by atoms with Crippen LogP contribution < -0.4 is 0 Å². The summed E-state index contributed by atoms with van der Waals surface area (Å²) in [5.74, 6) is -1.15. The van der Waals surface area contributed by atoms with Crippen molar-refractivity contribution in [1.29, 1.82) is 31.6 Å². The van der Waals surface area contributed by atoms with Crippen LogP contribution in [0.25, 0.3) is 44.5 Å². The van der Waals surface area contributed by atoms with Gasteiger partial charge < -0.3 is 0 Å². The lowest BCUT2D eigenvalue weighted by atomic mass is 9.86. The van der Waals surface area contributed by atoms with E-state index < -0.39 is 11.6 Å². The van der Waals surface area contributed by atoms with Gasteiger partial charge in [-0.25, -0.2) is 8.78 Å². The molecule has 0 saturated heterocycles. The monoisotopic (exact) mass is 566 g/mol. The van der Waals surface area contributed by atoms with Crippen molar-refractivity contribution < 1.29 is 8.78 Å². The molecule has 0 aromatic heterocycles. The van der Waals surface area contributed by atoms with Crippen molar-refractivity contribution in [3.63, 3.8) is 0 Å². The smallest absolute Gasteiger partial charge is 0.138 e. The fourth-order valence-corrected chi connectivity index (χ4v) is 5.85. The fraction of sp³-hybridized carbons (Fsp3) is 0. The van der Waals surface area contributed by atoms with Crippen LogP contribution in [-0.2, 0) is 0 Å². The van der Waals surface area contributed by atoms with Gasteiger partial charge in [0, 0.05) is 22.3 Å². The maximum atomic E-state index is 13.9. The molecule has 0 atom stereocenters. The van der Waals surface area contributed by atoms with Gasteiger partial charge in [0.05, 0.1) is 23.3 Å². The molecule has 0 fully saturated rings. The quantitative estimate of drug-likeness (QED) is 0.229. The van der Waals surface area contributed by atoms with Crippen molar-refractivity contribution in [2.45, 2.75) is 0 Å². The largest absolute Gasteiger partial charge is 0.207 e. The highest BCUT2D eigenvalue weighted by molar-refractivity contribution is 6.38. The van der Waals surface area contributed by atoms with Crippen LogP contribution in [0.4, 0.5) is 8.78 Å². The Morgan fingerprint density at radius 1 is 0.432 bits per heavy atom. The van der Waals surface area contributed by atoms with E-state index in [4.69, 9.17) is 0 Å². The first kappa shape index (κ1) is 27.1. The second-order valence-electron chi connectivity index (χ2n) is 9.82. The summed E-state index contributed by atoms with van der Waals surface area (Å²) in [6.45, 7) is 0. The summed E-state index contributed by atoms with van der Waals surface area (Å²) in [6.07, 6.45) is 0. The lowest BCUT2D eigenvalue weighted by Crippen LogP contribution is -1.97. The molecule has 8 heteroatoms. The molecule has 4 aromatic rings. The van der Waals surface area contributed by atoms with Crippen LogP contribution in [0.2, 0.25) is 0 Å². The minimum atomic E-state index is -0.574. The standard InChI is InChI=1S/C36H12F2N6/c37-25-3-7-27(21(9-25)13-39)19-1-5-29-31(11-19)35-34(24(17-43)18-44)30-6-2-20(28-8-4-26(38)10-22(28)14-40)12-32(30)36(35)33(29)23(15-41)16-42/h1-12H. The molecule has 0 N–H and O–H groups in total. The van der Waals surface area contributed by atoms with Gasteiger partial charge in [0.25, 0.3) is 0 Å². The Hall–Kier alpha value is -7.10. The summed E-state index contributed by atoms with van der Waals surface area (Å²) in [6, 6.07) is 29.7. The Morgan fingerprint density at radius 3 is 1.14 bits per heavy atom. The van der Waals surface area contributed by atoms with E-state index in [1.54, 1.807) is 36.4 Å². The zero-order chi connectivity index (χ0) is 31.1. The van der Waals surface area contributed by atoms with E-state index in [1.165, 1.54) is 24.3 Å². The molecule has 6 rings (SSSR count). The van der Waals surface area contributed by atoms with E-state index in [2.05, 4.69) is 0 Å². The number of rotatable bonds is 2. The van der Waals surface area contributed by atoms with E-state index in [0.29, 0.717) is 66.8 Å². The lowest BCUT2D eigenvalue weighted by Gasteiger charge is -2.15. The molecule has 0 unspecified atom stereocenters. The normalized spacial score (nSPS) is 12.0. The molecule has 0 spiro atoms. The van der Waals surface area contributed by atoms with Gasteiger partial charge in [0.2, 0.25) is 0 Å². The van der Waals surface area contributed by atoms with Crippen LogP contribution in [0, 0.1) is 79.6 Å². The van der Waals surface area contributed by atoms with E-state index in [1.807, 2.05) is 36.4 Å². The molecule has 0 saturated carbocycles. The predicted molar refractivity (Wildman–Crippen MR) is 156 cm³/mol. The van der Waals surface area contributed by atoms with Crippen molar-refractivity contribution in [3.05, 3.63) is 129 Å². The third-order valence-corrected chi connectivity index (χ3v) is 7.64. The van der Waals surface area contributed by atoms with E-state index >= 15 is 0 Å². The van der Waals surface area contributed by atoms with Gasteiger partial charge in [-0.2, -0.15) is 31.6 Å². The zero-order valence-electron chi connectivity index (χ0n) is 22.4. The number of allylic oxidation sites excluding steroid dienone is 6. The van der Waals surface area contributed by atoms with E-state index in [9.17, 15) is 40.4 Å². The maximum absolute atomic E-state index is 13.9. The number of fused-ring (bicyclic) bond motifs is 4. The third-order valence-electron chi connectivity index (χ3n) is 7.64. The molecule has 0 aliphatic heterocycles. The van der Waals surface area contributed by atoms with Crippen LogP contribution in [0.15, 0.2) is 83.9 Å². The van der Waals surface area contributed by atoms with Crippen molar-refractivity contribution in [1.82, 2.24) is 0 Å². The van der Waals surface area contributed by atoms with Gasteiger partial charge in [-0.15, -0.1) is 0 Å². The average Bonchev–Trinajstić information content (AvgIpc) is 3.54. The molecule has 4 aromatic carbocycles. The Balaban J connectivity index is 1.72. The molecule has 0 bridgehead atoms. The number of nitriles is 6. The number of hydrogen-bond acceptors (Lipinski definition) is 6. The van der Waals surface area contributed by atoms with Gasteiger partial charge in [0.15, 0.2) is 0 Å². The SMILES string of the molecule is N#CC(C#N)=C1C2=C(C(=C(C#N)C#N)c3ccc(-c4ccc(F)cc4C#N)cc32)c2cc(-c3ccc(F)cc3C#N)ccc21. The Morgan fingerprint density at radius 2 is 0.795 bits per heavy atom. The first-order valence-corrected chi connectivity index (χ1v) is 12.9. The fourth-order valence-electron chi connectivity index (χ4n) is 5.85. The molecular formula is C36H12F2N6. The average molecular weight is 567 g/mol. The van der Waals surface area contributed by atoms with Crippen LogP contribution >= 0.6 is 0 Å². The van der Waals surface area contributed by atoms with Gasteiger partial charge in [-0.1, -0.05) is 36.4 Å². The first-order chi connectivity index (χ1) is 21.4. The van der Waals surface area contributed by atoms with E-state index in [-0.39, 0.29) is 22.3 Å². The highest BCUT2D eigenvalue weighted by Gasteiger charge is 2.40. The van der Waals surface area contributed by atoms with Gasteiger partial charge in [-0.3, -0.25) is 0 Å². The third kappa shape index (κ3) is 3.94. The molecule has 2 aliphatic rings. The summed E-state index contributed by atoms with van der Waals surface area (Å²) in [7, 11) is 0. The van der Waals surface area contributed by atoms with Crippen LogP contribution in [0.1, 0.15) is 33.4 Å². The highest BCUT2D eigenvalue weighted by atomic mass is 19.1. The van der Waals surface area contributed by atoms with Crippen molar-refractivity contribution in [3.8, 4) is 58.7 Å². The molecule has 0 amide bonds. The number of hydrogen-bond donors (Lipinski definition) is 0. The predicted octanol–water partition coefficient (Wildman–Crippen LogP) is 7.58. The molecule has 200 valence electrons. The van der Waals surface area contributed by atoms with Gasteiger partial charge in [0.1, 0.15) is 47.1 Å². The Bertz CT molecular complexity index is 2170. The molecule has 0 heterocycles. The van der Waals surface area contributed by atoms with Crippen molar-refractivity contribution in [2.24, 2.45) is 0 Å². The minimum Gasteiger partial charge on any atom is -0.207 e. The van der Waals surface area contributed by atoms with Crippen LogP contribution in [-0.4, -0.2) is 0 Å². The van der Waals surface area contributed by atoms with Gasteiger partial charge >= 0.3 is 0 Å². The topological polar surface area (TPSA) is 143 Å². The van der Waals surface area contributed by atoms with Gasteiger partial charge in [-0.05, 0) is 80.9 Å². The Labute approximate surface area is 250 Å². The number of halogens is 2. The van der Waals surface area contributed by atoms with Crippen molar-refractivity contribution in [2.75, 3.05) is 0 Å². The highest BCUT2D eigenvalue weighted by Crippen LogP contribution is 2.59. The number of nitrogens with zero attached hydrogens (tertiary/aromatic N) is 6. The summed E-state index contributed by atoms with van der Waals surface area (Å²) in [5, 5.41) is 59.3. The molecule has 44 heavy (non-hydrogen) atoms. The second kappa shape index (κ2) is 10.4. The number of benzene rings is 4. The molecule has 6 nitrogen and oxygen atoms in total. The summed E-state index contributed by atoms with van der Waals surface area (Å²) in [4.78, 5) is 0. The Kier molecular flexibility index (Phi) is 6.39. The maximum Gasteiger partial charge on any atom is 0.138 e. The van der Waals surface area contributed by atoms with Crippen LogP contribution in [0.3, 0.4) is 0 Å². The summed E-state index contributed by atoms with van der Waals surface area (Å²) in [5.41, 5.74) is 5.30. The lowest BCUT2D eigenvalue weighted by molar-refractivity contribution is 0.627. The van der Waals surface area contributed by atoms with E-state index in [0.717, 1.165) is 12.1 Å². The second-order valence-corrected chi connectivity index (χ2v) is 9.82.